The van der Waals surface area contributed by atoms with E-state index in [2.05, 4.69) is 20.3 Å². The summed E-state index contributed by atoms with van der Waals surface area (Å²) in [6.45, 7) is 0.815. The van der Waals surface area contributed by atoms with Crippen LogP contribution in [-0.2, 0) is 6.42 Å². The van der Waals surface area contributed by atoms with E-state index in [1.807, 2.05) is 0 Å². The van der Waals surface area contributed by atoms with Gasteiger partial charge in [-0.3, -0.25) is 9.59 Å². The monoisotopic (exact) mass is 449 g/mol. The van der Waals surface area contributed by atoms with Gasteiger partial charge in [-0.25, -0.2) is 9.49 Å². The number of rotatable bonds is 6. The highest BCUT2D eigenvalue weighted by atomic mass is 19.1. The van der Waals surface area contributed by atoms with E-state index in [4.69, 9.17) is 9.26 Å². The molecule has 3 heterocycles. The molecule has 1 amide bonds. The van der Waals surface area contributed by atoms with Crippen LogP contribution in [0.15, 0.2) is 57.8 Å². The molecule has 1 N–H and O–H groups in total. The molecule has 10 heteroatoms. The quantitative estimate of drug-likeness (QED) is 0.481. The number of nitrogens with one attached hydrogen (secondary N) is 1. The van der Waals surface area contributed by atoms with Gasteiger partial charge in [0.25, 0.3) is 11.5 Å². The van der Waals surface area contributed by atoms with E-state index in [0.717, 1.165) is 6.42 Å². The number of fused-ring (bicyclic) bond motifs is 1. The predicted octanol–water partition coefficient (Wildman–Crippen LogP) is 3.04. The molecule has 4 aromatic rings. The zero-order valence-electron chi connectivity index (χ0n) is 17.5. The van der Waals surface area contributed by atoms with Crippen molar-refractivity contribution in [3.63, 3.8) is 0 Å². The molecule has 9 nitrogen and oxygen atoms in total. The van der Waals surface area contributed by atoms with Crippen molar-refractivity contribution in [2.75, 3.05) is 13.2 Å². The summed E-state index contributed by atoms with van der Waals surface area (Å²) in [7, 11) is 0. The zero-order valence-corrected chi connectivity index (χ0v) is 17.5. The van der Waals surface area contributed by atoms with E-state index < -0.39 is 0 Å². The molecule has 0 spiro atoms. The largest absolute Gasteiger partial charge is 0.493 e. The topological polar surface area (TPSA) is 114 Å². The van der Waals surface area contributed by atoms with Crippen molar-refractivity contribution >= 4 is 16.7 Å². The first kappa shape index (κ1) is 20.8. The van der Waals surface area contributed by atoms with Gasteiger partial charge >= 0.3 is 0 Å². The molecule has 0 saturated carbocycles. The Hall–Kier alpha value is -4.08. The fraction of sp³-hybridized carbons (Fsp3) is 0.261. The molecule has 5 rings (SSSR count). The molecular weight excluding hydrogens is 429 g/mol. The molecule has 168 valence electrons. The van der Waals surface area contributed by atoms with Crippen LogP contribution in [-0.4, -0.2) is 44.3 Å². The fourth-order valence-electron chi connectivity index (χ4n) is 3.98. The number of aromatic amines is 1. The second kappa shape index (κ2) is 8.81. The van der Waals surface area contributed by atoms with E-state index in [1.165, 1.54) is 12.1 Å². The number of hydrogen-bond acceptors (Lipinski definition) is 7. The highest BCUT2D eigenvalue weighted by Crippen LogP contribution is 2.32. The lowest BCUT2D eigenvalue weighted by Gasteiger charge is -2.21. The molecule has 0 radical (unpaired) electrons. The van der Waals surface area contributed by atoms with Crippen molar-refractivity contribution in [1.82, 2.24) is 25.2 Å². The van der Waals surface area contributed by atoms with Crippen molar-refractivity contribution in [2.24, 2.45) is 0 Å². The van der Waals surface area contributed by atoms with Gasteiger partial charge in [-0.2, -0.15) is 10.1 Å². The van der Waals surface area contributed by atoms with Gasteiger partial charge in [0.15, 0.2) is 11.5 Å². The lowest BCUT2D eigenvalue weighted by Crippen LogP contribution is -2.32. The molecule has 1 unspecified atom stereocenters. The number of amides is 1. The molecule has 2 aromatic carbocycles. The summed E-state index contributed by atoms with van der Waals surface area (Å²) >= 11 is 0. The summed E-state index contributed by atoms with van der Waals surface area (Å²) in [6, 6.07) is 12.3. The van der Waals surface area contributed by atoms with E-state index in [1.54, 1.807) is 41.3 Å². The number of halogens is 1. The van der Waals surface area contributed by atoms with Crippen molar-refractivity contribution in [1.29, 1.82) is 0 Å². The maximum Gasteiger partial charge on any atom is 0.275 e. The highest BCUT2D eigenvalue weighted by molar-refractivity contribution is 6.04. The molecule has 1 atom stereocenters. The number of nitrogens with zero attached hydrogens (tertiary/aromatic N) is 4. The van der Waals surface area contributed by atoms with Crippen LogP contribution in [0.5, 0.6) is 5.75 Å². The van der Waals surface area contributed by atoms with Crippen LogP contribution in [0.25, 0.3) is 10.8 Å². The summed E-state index contributed by atoms with van der Waals surface area (Å²) in [5, 5.41) is 11.3. The summed E-state index contributed by atoms with van der Waals surface area (Å²) in [5.41, 5.74) is -0.158. The fourth-order valence-corrected chi connectivity index (χ4v) is 3.98. The minimum Gasteiger partial charge on any atom is -0.493 e. The first-order valence-electron chi connectivity index (χ1n) is 10.6. The molecule has 1 aliphatic rings. The Morgan fingerprint density at radius 1 is 1.18 bits per heavy atom. The number of likely N-dealkylation sites (tertiary alicyclic amines) is 1. The molecule has 1 saturated heterocycles. The first-order chi connectivity index (χ1) is 16.1. The predicted molar refractivity (Wildman–Crippen MR) is 115 cm³/mol. The van der Waals surface area contributed by atoms with Gasteiger partial charge in [0.05, 0.1) is 12.0 Å². The molecule has 1 fully saturated rings. The van der Waals surface area contributed by atoms with E-state index in [9.17, 15) is 14.0 Å². The number of H-pyrrole nitrogens is 1. The van der Waals surface area contributed by atoms with Crippen LogP contribution in [0.1, 0.15) is 41.1 Å². The van der Waals surface area contributed by atoms with Gasteiger partial charge in [-0.1, -0.05) is 23.4 Å². The summed E-state index contributed by atoms with van der Waals surface area (Å²) in [4.78, 5) is 31.5. The molecule has 33 heavy (non-hydrogen) atoms. The average Bonchev–Trinajstić information content (AvgIpc) is 3.50. The van der Waals surface area contributed by atoms with Gasteiger partial charge in [0.1, 0.15) is 17.6 Å². The standard InChI is InChI=1S/C23H20FN5O4/c24-14-7-9-15(10-8-14)32-13-11-19-25-22(33-28-19)18-6-3-12-29(18)23(31)20-16-4-1-2-5-17(16)21(30)27-26-20/h1-2,4-5,7-10,18H,3,6,11-13H2,(H,27,30). The maximum absolute atomic E-state index is 13.3. The lowest BCUT2D eigenvalue weighted by molar-refractivity contribution is 0.0705. The molecular formula is C23H20FN5O4. The third kappa shape index (κ3) is 4.19. The van der Waals surface area contributed by atoms with Crippen LogP contribution in [0.4, 0.5) is 4.39 Å². The van der Waals surface area contributed by atoms with E-state index in [-0.39, 0.29) is 29.0 Å². The smallest absolute Gasteiger partial charge is 0.275 e. The summed E-state index contributed by atoms with van der Waals surface area (Å²) in [5.74, 6) is 0.730. The van der Waals surface area contributed by atoms with Gasteiger partial charge in [-0.15, -0.1) is 0 Å². The van der Waals surface area contributed by atoms with Crippen molar-refractivity contribution in [3.05, 3.63) is 82.1 Å². The Labute approximate surface area is 187 Å². The number of ether oxygens (including phenoxy) is 1. The van der Waals surface area contributed by atoms with Crippen LogP contribution >= 0.6 is 0 Å². The van der Waals surface area contributed by atoms with Crippen molar-refractivity contribution < 1.29 is 18.4 Å². The van der Waals surface area contributed by atoms with Gasteiger partial charge in [0, 0.05) is 18.4 Å². The number of benzene rings is 2. The van der Waals surface area contributed by atoms with Crippen LogP contribution in [0.2, 0.25) is 0 Å². The summed E-state index contributed by atoms with van der Waals surface area (Å²) < 4.78 is 24.0. The number of carbonyl (C=O) groups excluding carboxylic acids is 1. The van der Waals surface area contributed by atoms with Crippen LogP contribution in [0, 0.1) is 5.82 Å². The van der Waals surface area contributed by atoms with Gasteiger partial charge in [-0.05, 0) is 43.2 Å². The molecule has 0 bridgehead atoms. The molecule has 1 aliphatic heterocycles. The normalized spacial score (nSPS) is 15.8. The first-order valence-corrected chi connectivity index (χ1v) is 10.6. The minimum absolute atomic E-state index is 0.185. The maximum atomic E-state index is 13.3. The molecule has 0 aliphatic carbocycles. The third-order valence-corrected chi connectivity index (χ3v) is 5.59. The van der Waals surface area contributed by atoms with Crippen molar-refractivity contribution in [2.45, 2.75) is 25.3 Å². The van der Waals surface area contributed by atoms with Gasteiger partial charge in [0.2, 0.25) is 5.89 Å². The Balaban J connectivity index is 1.30. The Morgan fingerprint density at radius 2 is 1.97 bits per heavy atom. The van der Waals surface area contributed by atoms with E-state index >= 15 is 0 Å². The highest BCUT2D eigenvalue weighted by Gasteiger charge is 2.35. The van der Waals surface area contributed by atoms with Crippen LogP contribution < -0.4 is 10.3 Å². The lowest BCUT2D eigenvalue weighted by atomic mass is 10.1. The van der Waals surface area contributed by atoms with Crippen LogP contribution in [0.3, 0.4) is 0 Å². The Morgan fingerprint density at radius 3 is 2.79 bits per heavy atom. The second-order valence-electron chi connectivity index (χ2n) is 7.70. The molecule has 2 aromatic heterocycles. The number of aromatic nitrogens is 4. The Bertz CT molecular complexity index is 1350. The number of carbonyl (C=O) groups is 1. The zero-order chi connectivity index (χ0) is 22.8. The second-order valence-corrected chi connectivity index (χ2v) is 7.70. The summed E-state index contributed by atoms with van der Waals surface area (Å²) in [6.07, 6.45) is 1.86. The van der Waals surface area contributed by atoms with E-state index in [0.29, 0.717) is 54.2 Å². The number of hydrogen-bond donors (Lipinski definition) is 1. The van der Waals surface area contributed by atoms with Gasteiger partial charge < -0.3 is 14.2 Å². The Kier molecular flexibility index (Phi) is 5.55. The minimum atomic E-state index is -0.371. The average molecular weight is 449 g/mol. The van der Waals surface area contributed by atoms with Crippen molar-refractivity contribution in [3.8, 4) is 5.75 Å². The SMILES string of the molecule is O=C(c1n[nH]c(=O)c2ccccc12)N1CCCC1c1nc(CCOc2ccc(F)cc2)no1. The third-order valence-electron chi connectivity index (χ3n) is 5.59.